The zero-order chi connectivity index (χ0) is 64.2. The Balaban J connectivity index is 3.40. The number of unbranched alkanes of at least 4 members (excludes halogenated alkanes) is 62. The third kappa shape index (κ3) is 75.0. The SMILES string of the molecule is CCCCCCCCCCCCCCCCCCCCCCCC/C=C/C(O)C(CO)NC(=O)CCCCCCCCCCCCCCCCC/C=C\C/C=C\CCCCCCCCCCCOC(=O)CCCCCCCCCCCCCCCCCCC. The van der Waals surface area contributed by atoms with Crippen molar-refractivity contribution in [2.24, 2.45) is 0 Å². The number of aliphatic hydroxyl groups is 2. The molecule has 2 atom stereocenters. The summed E-state index contributed by atoms with van der Waals surface area (Å²) in [6.45, 7) is 4.96. The van der Waals surface area contributed by atoms with Crippen molar-refractivity contribution in [1.29, 1.82) is 0 Å². The number of hydrogen-bond donors (Lipinski definition) is 3. The summed E-state index contributed by atoms with van der Waals surface area (Å²) in [5, 5.41) is 23.3. The minimum absolute atomic E-state index is 0.0178. The van der Waals surface area contributed by atoms with Crippen molar-refractivity contribution >= 4 is 11.9 Å². The number of ether oxygens (including phenoxy) is 1. The predicted molar refractivity (Wildman–Crippen MR) is 393 cm³/mol. The Hall–Kier alpha value is -1.92. The predicted octanol–water partition coefficient (Wildman–Crippen LogP) is 27.0. The van der Waals surface area contributed by atoms with Gasteiger partial charge in [-0.1, -0.05) is 416 Å². The number of hydrogen-bond acceptors (Lipinski definition) is 5. The van der Waals surface area contributed by atoms with Crippen molar-refractivity contribution in [3.05, 3.63) is 36.5 Å². The van der Waals surface area contributed by atoms with E-state index in [-0.39, 0.29) is 18.5 Å². The smallest absolute Gasteiger partial charge is 0.305 e. The van der Waals surface area contributed by atoms with Gasteiger partial charge in [0.15, 0.2) is 0 Å². The summed E-state index contributed by atoms with van der Waals surface area (Å²) in [6, 6.07) is -0.629. The van der Waals surface area contributed by atoms with Gasteiger partial charge in [0.05, 0.1) is 25.4 Å². The minimum atomic E-state index is -0.846. The number of amides is 1. The third-order valence-corrected chi connectivity index (χ3v) is 19.2. The largest absolute Gasteiger partial charge is 0.466 e. The lowest BCUT2D eigenvalue weighted by atomic mass is 10.0. The molecule has 0 aromatic heterocycles. The molecule has 89 heavy (non-hydrogen) atoms. The molecule has 0 spiro atoms. The van der Waals surface area contributed by atoms with Crippen molar-refractivity contribution in [2.75, 3.05) is 13.2 Å². The second-order valence-corrected chi connectivity index (χ2v) is 28.1. The van der Waals surface area contributed by atoms with Gasteiger partial charge in [-0.2, -0.15) is 0 Å². The Morgan fingerprint density at radius 2 is 0.562 bits per heavy atom. The molecule has 3 N–H and O–H groups in total. The molecular formula is C83H159NO5. The molecule has 0 aliphatic carbocycles. The van der Waals surface area contributed by atoms with Gasteiger partial charge >= 0.3 is 5.97 Å². The van der Waals surface area contributed by atoms with Gasteiger partial charge in [0.1, 0.15) is 0 Å². The van der Waals surface area contributed by atoms with Crippen LogP contribution in [0.2, 0.25) is 0 Å². The van der Waals surface area contributed by atoms with E-state index in [1.165, 1.54) is 385 Å². The zero-order valence-corrected chi connectivity index (χ0v) is 60.4. The number of carbonyl (C=O) groups is 2. The van der Waals surface area contributed by atoms with Crippen LogP contribution in [-0.2, 0) is 14.3 Å². The lowest BCUT2D eigenvalue weighted by Gasteiger charge is -2.20. The topological polar surface area (TPSA) is 95.9 Å². The maximum atomic E-state index is 12.6. The van der Waals surface area contributed by atoms with Gasteiger partial charge < -0.3 is 20.3 Å². The second-order valence-electron chi connectivity index (χ2n) is 28.1. The highest BCUT2D eigenvalue weighted by Crippen LogP contribution is 2.20. The normalized spacial score (nSPS) is 12.6. The Kier molecular flexibility index (Phi) is 76.8. The van der Waals surface area contributed by atoms with Gasteiger partial charge in [-0.15, -0.1) is 0 Å². The fourth-order valence-electron chi connectivity index (χ4n) is 13.0. The molecule has 6 nitrogen and oxygen atoms in total. The summed E-state index contributed by atoms with van der Waals surface area (Å²) in [4.78, 5) is 24.7. The summed E-state index contributed by atoms with van der Waals surface area (Å²) in [5.41, 5.74) is 0. The standard InChI is InChI=1S/C83H159NO5/c1-3-5-7-9-11-13-15-17-19-21-22-23-24-34-37-40-44-47-51-55-59-63-67-71-75-81(86)80(79-85)84-82(87)76-72-68-64-60-56-52-48-45-41-38-35-32-30-28-26-25-27-29-31-33-36-39-42-46-50-54-58-62-66-70-74-78-89-83(88)77-73-69-65-61-57-53-49-43-20-18-16-14-12-10-8-6-4-2/h27,29,33,36,71,75,80-81,85-86H,3-26,28,30-32,34-35,37-70,72-74,76-79H2,1-2H3,(H,84,87)/b29-27-,36-33-,75-71+. The fraction of sp³-hybridized carbons (Fsp3) is 0.904. The molecule has 0 fully saturated rings. The van der Waals surface area contributed by atoms with Gasteiger partial charge in [-0.25, -0.2) is 0 Å². The number of allylic oxidation sites excluding steroid dienone is 5. The summed E-state index contributed by atoms with van der Waals surface area (Å²) in [7, 11) is 0. The first-order chi connectivity index (χ1) is 44.0. The molecule has 0 bridgehead atoms. The molecule has 0 aliphatic rings. The van der Waals surface area contributed by atoms with Crippen molar-refractivity contribution in [1.82, 2.24) is 5.32 Å². The average Bonchev–Trinajstić information content (AvgIpc) is 3.55. The van der Waals surface area contributed by atoms with E-state index < -0.39 is 12.1 Å². The average molecular weight is 1250 g/mol. The van der Waals surface area contributed by atoms with E-state index in [1.54, 1.807) is 6.08 Å². The van der Waals surface area contributed by atoms with Gasteiger partial charge in [-0.3, -0.25) is 9.59 Å². The minimum Gasteiger partial charge on any atom is -0.466 e. The molecular weight excluding hydrogens is 1090 g/mol. The van der Waals surface area contributed by atoms with E-state index >= 15 is 0 Å². The van der Waals surface area contributed by atoms with Crippen LogP contribution in [0.4, 0.5) is 0 Å². The molecule has 6 heteroatoms. The maximum absolute atomic E-state index is 12.6. The molecule has 1 amide bonds. The molecule has 2 unspecified atom stereocenters. The number of nitrogens with one attached hydrogen (secondary N) is 1. The van der Waals surface area contributed by atoms with Crippen molar-refractivity contribution in [3.8, 4) is 0 Å². The Labute approximate surface area is 557 Å². The molecule has 0 heterocycles. The quantitative estimate of drug-likeness (QED) is 0.0320. The first kappa shape index (κ1) is 87.1. The van der Waals surface area contributed by atoms with Gasteiger partial charge in [-0.05, 0) is 64.2 Å². The number of carbonyl (C=O) groups excluding carboxylic acids is 2. The summed E-state index contributed by atoms with van der Waals surface area (Å²) in [5.74, 6) is -0.0446. The van der Waals surface area contributed by atoms with Crippen LogP contribution in [0, 0.1) is 0 Å². The van der Waals surface area contributed by atoms with E-state index in [1.807, 2.05) is 6.08 Å². The van der Waals surface area contributed by atoms with Crippen LogP contribution < -0.4 is 5.32 Å². The first-order valence-electron chi connectivity index (χ1n) is 40.8. The Bertz CT molecular complexity index is 1440. The Morgan fingerprint density at radius 3 is 0.854 bits per heavy atom. The van der Waals surface area contributed by atoms with Crippen LogP contribution >= 0.6 is 0 Å². The zero-order valence-electron chi connectivity index (χ0n) is 60.4. The fourth-order valence-corrected chi connectivity index (χ4v) is 13.0. The van der Waals surface area contributed by atoms with Crippen LogP contribution in [0.5, 0.6) is 0 Å². The highest BCUT2D eigenvalue weighted by Gasteiger charge is 2.18. The second kappa shape index (κ2) is 78.5. The molecule has 526 valence electrons. The van der Waals surface area contributed by atoms with E-state index in [2.05, 4.69) is 43.5 Å². The van der Waals surface area contributed by atoms with Crippen LogP contribution in [0.15, 0.2) is 36.5 Å². The molecule has 0 saturated heterocycles. The molecule has 0 rings (SSSR count). The molecule has 0 radical (unpaired) electrons. The summed E-state index contributed by atoms with van der Waals surface area (Å²) >= 11 is 0. The third-order valence-electron chi connectivity index (χ3n) is 19.2. The van der Waals surface area contributed by atoms with Crippen molar-refractivity contribution < 1.29 is 24.5 Å². The lowest BCUT2D eigenvalue weighted by Crippen LogP contribution is -2.45. The lowest BCUT2D eigenvalue weighted by molar-refractivity contribution is -0.143. The maximum Gasteiger partial charge on any atom is 0.305 e. The van der Waals surface area contributed by atoms with Crippen molar-refractivity contribution in [3.63, 3.8) is 0 Å². The molecule has 0 aromatic carbocycles. The van der Waals surface area contributed by atoms with E-state index in [4.69, 9.17) is 4.74 Å². The van der Waals surface area contributed by atoms with Crippen LogP contribution in [0.25, 0.3) is 0 Å². The van der Waals surface area contributed by atoms with E-state index in [9.17, 15) is 19.8 Å². The highest BCUT2D eigenvalue weighted by molar-refractivity contribution is 5.76. The monoisotopic (exact) mass is 1250 g/mol. The summed E-state index contributed by atoms with van der Waals surface area (Å²) < 4.78 is 5.51. The molecule has 0 aliphatic heterocycles. The van der Waals surface area contributed by atoms with Crippen molar-refractivity contribution in [2.45, 2.75) is 469 Å². The van der Waals surface area contributed by atoms with Gasteiger partial charge in [0, 0.05) is 12.8 Å². The Morgan fingerprint density at radius 1 is 0.315 bits per heavy atom. The number of rotatable bonds is 77. The van der Waals surface area contributed by atoms with Crippen LogP contribution in [0.3, 0.4) is 0 Å². The van der Waals surface area contributed by atoms with Gasteiger partial charge in [0.2, 0.25) is 5.91 Å². The van der Waals surface area contributed by atoms with E-state index in [0.29, 0.717) is 19.4 Å². The number of esters is 1. The molecule has 0 aromatic rings. The molecule has 0 saturated carbocycles. The number of aliphatic hydroxyl groups excluding tert-OH is 2. The van der Waals surface area contributed by atoms with E-state index in [0.717, 1.165) is 44.9 Å². The summed E-state index contributed by atoms with van der Waals surface area (Å²) in [6.07, 6.45) is 103. The van der Waals surface area contributed by atoms with Gasteiger partial charge in [0.25, 0.3) is 0 Å². The first-order valence-corrected chi connectivity index (χ1v) is 40.8. The van der Waals surface area contributed by atoms with Crippen LogP contribution in [-0.4, -0.2) is 47.4 Å². The highest BCUT2D eigenvalue weighted by atomic mass is 16.5. The van der Waals surface area contributed by atoms with Crippen LogP contribution in [0.1, 0.15) is 457 Å².